The molecule has 0 saturated heterocycles. The predicted molar refractivity (Wildman–Crippen MR) is 96.1 cm³/mol. The monoisotopic (exact) mass is 324 g/mol. The summed E-state index contributed by atoms with van der Waals surface area (Å²) in [5.74, 6) is 0. The lowest BCUT2D eigenvalue weighted by Gasteiger charge is -2.31. The lowest BCUT2D eigenvalue weighted by atomic mass is 9.81. The molecule has 0 radical (unpaired) electrons. The number of fused-ring (bicyclic) bond motifs is 1. The Morgan fingerprint density at radius 1 is 1.00 bits per heavy atom. The van der Waals surface area contributed by atoms with E-state index in [0.29, 0.717) is 21.8 Å². The third-order valence-corrected chi connectivity index (χ3v) is 4.28. The van der Waals surface area contributed by atoms with Gasteiger partial charge in [-0.3, -0.25) is 0 Å². The average molecular weight is 325 g/mol. The van der Waals surface area contributed by atoms with Gasteiger partial charge in [0.15, 0.2) is 5.60 Å². The first-order valence-corrected chi connectivity index (χ1v) is 7.53. The summed E-state index contributed by atoms with van der Waals surface area (Å²) >= 11 is 6.10. The van der Waals surface area contributed by atoms with Crippen molar-refractivity contribution in [2.45, 2.75) is 5.60 Å². The van der Waals surface area contributed by atoms with Crippen LogP contribution in [0.15, 0.2) is 72.9 Å². The molecule has 0 fully saturated rings. The van der Waals surface area contributed by atoms with Gasteiger partial charge in [-0.1, -0.05) is 60.6 Å². The van der Waals surface area contributed by atoms with E-state index in [4.69, 9.17) is 23.1 Å². The normalized spacial score (nSPS) is 13.7. The summed E-state index contributed by atoms with van der Waals surface area (Å²) in [6.07, 6.45) is 0. The van der Waals surface area contributed by atoms with Crippen molar-refractivity contribution in [1.82, 2.24) is 0 Å². The number of nitrogen functional groups attached to an aromatic ring is 1. The molecule has 3 aromatic carbocycles. The first kappa shape index (κ1) is 15.4. The van der Waals surface area contributed by atoms with Gasteiger partial charge < -0.3 is 16.6 Å². The fourth-order valence-electron chi connectivity index (χ4n) is 2.87. The van der Waals surface area contributed by atoms with Crippen LogP contribution in [0.3, 0.4) is 0 Å². The first-order valence-electron chi connectivity index (χ1n) is 7.15. The average Bonchev–Trinajstić information content (AvgIpc) is 2.55. The number of rotatable bonds is 3. The zero-order valence-corrected chi connectivity index (χ0v) is 13.2. The largest absolute Gasteiger partial charge is 0.400 e. The van der Waals surface area contributed by atoms with Crippen LogP contribution in [0.4, 0.5) is 5.69 Å². The third kappa shape index (κ3) is 2.44. The summed E-state index contributed by atoms with van der Waals surface area (Å²) in [7, 11) is 0. The molecule has 0 saturated carbocycles. The van der Waals surface area contributed by atoms with Gasteiger partial charge in [-0.15, -0.1) is 0 Å². The van der Waals surface area contributed by atoms with Crippen molar-refractivity contribution in [2.24, 2.45) is 5.73 Å². The lowest BCUT2D eigenvalue weighted by Crippen LogP contribution is -2.34. The first-order chi connectivity index (χ1) is 10.9. The van der Waals surface area contributed by atoms with Crippen LogP contribution < -0.4 is 11.5 Å². The molecule has 0 spiro atoms. The molecule has 0 aliphatic carbocycles. The number of hydrogen-bond acceptors (Lipinski definition) is 3. The van der Waals surface area contributed by atoms with Gasteiger partial charge in [0.25, 0.3) is 0 Å². The van der Waals surface area contributed by atoms with Crippen molar-refractivity contribution in [3.63, 3.8) is 0 Å². The van der Waals surface area contributed by atoms with E-state index in [1.165, 1.54) is 0 Å². The SMILES string of the molecule is C=C(N)C(O)(c1cc(Cl)ccc1N)c1cccc2ccccc12. The Morgan fingerprint density at radius 2 is 1.70 bits per heavy atom. The summed E-state index contributed by atoms with van der Waals surface area (Å²) < 4.78 is 0. The Kier molecular flexibility index (Phi) is 3.76. The molecule has 5 N–H and O–H groups in total. The van der Waals surface area contributed by atoms with Gasteiger partial charge in [0, 0.05) is 27.5 Å². The molecule has 23 heavy (non-hydrogen) atoms. The molecule has 0 aliphatic rings. The van der Waals surface area contributed by atoms with Crippen molar-refractivity contribution >= 4 is 28.1 Å². The Bertz CT molecular complexity index is 902. The standard InChI is InChI=1S/C19H17ClN2O/c1-12(21)19(23,17-11-14(20)9-10-18(17)22)16-8-4-6-13-5-2-3-7-15(13)16/h2-11,23H,1,21-22H2. The molecular weight excluding hydrogens is 308 g/mol. The lowest BCUT2D eigenvalue weighted by molar-refractivity contribution is 0.122. The molecule has 0 heterocycles. The second-order valence-electron chi connectivity index (χ2n) is 5.49. The second-order valence-corrected chi connectivity index (χ2v) is 5.93. The van der Waals surface area contributed by atoms with E-state index in [-0.39, 0.29) is 5.70 Å². The maximum Gasteiger partial charge on any atom is 0.156 e. The quantitative estimate of drug-likeness (QED) is 0.642. The molecule has 116 valence electrons. The minimum absolute atomic E-state index is 0.0859. The zero-order valence-electron chi connectivity index (χ0n) is 12.5. The molecule has 3 rings (SSSR count). The predicted octanol–water partition coefficient (Wildman–Crippen LogP) is 3.78. The van der Waals surface area contributed by atoms with Crippen LogP contribution in [0.1, 0.15) is 11.1 Å². The van der Waals surface area contributed by atoms with Gasteiger partial charge in [0.1, 0.15) is 0 Å². The van der Waals surface area contributed by atoms with E-state index >= 15 is 0 Å². The van der Waals surface area contributed by atoms with Gasteiger partial charge in [0.2, 0.25) is 0 Å². The van der Waals surface area contributed by atoms with Gasteiger partial charge >= 0.3 is 0 Å². The number of anilines is 1. The fourth-order valence-corrected chi connectivity index (χ4v) is 3.05. The molecule has 3 nitrogen and oxygen atoms in total. The van der Waals surface area contributed by atoms with Crippen LogP contribution in [-0.2, 0) is 5.60 Å². The third-order valence-electron chi connectivity index (χ3n) is 4.05. The number of benzene rings is 3. The van der Waals surface area contributed by atoms with E-state index in [0.717, 1.165) is 10.8 Å². The topological polar surface area (TPSA) is 72.3 Å². The van der Waals surface area contributed by atoms with Crippen LogP contribution >= 0.6 is 11.6 Å². The summed E-state index contributed by atoms with van der Waals surface area (Å²) in [6.45, 7) is 3.79. The number of hydrogen-bond donors (Lipinski definition) is 3. The molecular formula is C19H17ClN2O. The molecule has 3 aromatic rings. The van der Waals surface area contributed by atoms with Gasteiger partial charge in [-0.05, 0) is 29.0 Å². The highest BCUT2D eigenvalue weighted by Gasteiger charge is 2.36. The molecule has 0 bridgehead atoms. The summed E-state index contributed by atoms with van der Waals surface area (Å²) in [4.78, 5) is 0. The van der Waals surface area contributed by atoms with Crippen LogP contribution in [-0.4, -0.2) is 5.11 Å². The molecule has 0 amide bonds. The summed E-state index contributed by atoms with van der Waals surface area (Å²) in [5, 5.41) is 13.8. The van der Waals surface area contributed by atoms with Crippen LogP contribution in [0.25, 0.3) is 10.8 Å². The Labute approximate surface area is 139 Å². The van der Waals surface area contributed by atoms with Crippen molar-refractivity contribution < 1.29 is 5.11 Å². The van der Waals surface area contributed by atoms with Crippen LogP contribution in [0.2, 0.25) is 5.02 Å². The van der Waals surface area contributed by atoms with E-state index in [9.17, 15) is 5.11 Å². The van der Waals surface area contributed by atoms with Crippen molar-refractivity contribution in [2.75, 3.05) is 5.73 Å². The van der Waals surface area contributed by atoms with E-state index in [2.05, 4.69) is 6.58 Å². The minimum Gasteiger partial charge on any atom is -0.400 e. The van der Waals surface area contributed by atoms with Gasteiger partial charge in [-0.2, -0.15) is 0 Å². The number of nitrogens with two attached hydrogens (primary N) is 2. The van der Waals surface area contributed by atoms with Crippen molar-refractivity contribution in [3.8, 4) is 0 Å². The zero-order chi connectivity index (χ0) is 16.6. The molecule has 0 aromatic heterocycles. The highest BCUT2D eigenvalue weighted by Crippen LogP contribution is 2.41. The van der Waals surface area contributed by atoms with E-state index in [1.54, 1.807) is 18.2 Å². The molecule has 1 atom stereocenters. The van der Waals surface area contributed by atoms with Crippen molar-refractivity contribution in [1.29, 1.82) is 0 Å². The van der Waals surface area contributed by atoms with Gasteiger partial charge in [0.05, 0.1) is 0 Å². The summed E-state index contributed by atoms with van der Waals surface area (Å²) in [5.41, 5.74) is 12.0. The number of aliphatic hydroxyl groups is 1. The smallest absolute Gasteiger partial charge is 0.156 e. The van der Waals surface area contributed by atoms with Crippen LogP contribution in [0, 0.1) is 0 Å². The number of halogens is 1. The molecule has 0 aliphatic heterocycles. The fraction of sp³-hybridized carbons (Fsp3) is 0.0526. The minimum atomic E-state index is -1.63. The van der Waals surface area contributed by atoms with Gasteiger partial charge in [-0.25, -0.2) is 0 Å². The van der Waals surface area contributed by atoms with E-state index < -0.39 is 5.60 Å². The van der Waals surface area contributed by atoms with Crippen molar-refractivity contribution in [3.05, 3.63) is 89.1 Å². The summed E-state index contributed by atoms with van der Waals surface area (Å²) in [6, 6.07) is 18.4. The highest BCUT2D eigenvalue weighted by atomic mass is 35.5. The van der Waals surface area contributed by atoms with E-state index in [1.807, 2.05) is 42.5 Å². The Morgan fingerprint density at radius 3 is 2.43 bits per heavy atom. The Hall–Kier alpha value is -2.49. The van der Waals surface area contributed by atoms with Crippen LogP contribution in [0.5, 0.6) is 0 Å². The molecule has 4 heteroatoms. The highest BCUT2D eigenvalue weighted by molar-refractivity contribution is 6.30. The maximum absolute atomic E-state index is 11.5. The maximum atomic E-state index is 11.5. The second kappa shape index (κ2) is 5.61. The molecule has 1 unspecified atom stereocenters. The Balaban J connectivity index is 2.38.